The lowest BCUT2D eigenvalue weighted by atomic mass is 10.2. The highest BCUT2D eigenvalue weighted by Gasteiger charge is 2.14. The van der Waals surface area contributed by atoms with Gasteiger partial charge in [0.25, 0.3) is 5.69 Å². The molecule has 0 fully saturated rings. The van der Waals surface area contributed by atoms with E-state index in [1.165, 1.54) is 6.07 Å². The number of halogens is 1. The predicted molar refractivity (Wildman–Crippen MR) is 76.8 cm³/mol. The molecule has 2 aromatic rings. The van der Waals surface area contributed by atoms with Crippen molar-refractivity contribution in [3.05, 3.63) is 57.1 Å². The minimum atomic E-state index is -0.430. The Labute approximate surface area is 121 Å². The van der Waals surface area contributed by atoms with Crippen LogP contribution in [0.3, 0.4) is 0 Å². The summed E-state index contributed by atoms with van der Waals surface area (Å²) in [5.74, 6) is 0. The number of hydrogen-bond donors (Lipinski definition) is 1. The van der Waals surface area contributed by atoms with E-state index < -0.39 is 4.92 Å². The Kier molecular flexibility index (Phi) is 4.36. The van der Waals surface area contributed by atoms with E-state index in [0.29, 0.717) is 23.6 Å². The molecule has 2 N–H and O–H groups in total. The van der Waals surface area contributed by atoms with Gasteiger partial charge in [0.2, 0.25) is 0 Å². The molecule has 1 unspecified atom stereocenters. The van der Waals surface area contributed by atoms with Gasteiger partial charge in [0.05, 0.1) is 23.5 Å². The summed E-state index contributed by atoms with van der Waals surface area (Å²) in [7, 11) is 0. The van der Waals surface area contributed by atoms with Gasteiger partial charge in [0.15, 0.2) is 0 Å². The second-order valence-corrected chi connectivity index (χ2v) is 5.19. The quantitative estimate of drug-likeness (QED) is 0.677. The van der Waals surface area contributed by atoms with Gasteiger partial charge in [-0.25, -0.2) is 4.98 Å². The lowest BCUT2D eigenvalue weighted by molar-refractivity contribution is -0.385. The number of nitro benzene ring substituents is 1. The zero-order chi connectivity index (χ0) is 14.7. The molecule has 0 radical (unpaired) electrons. The highest BCUT2D eigenvalue weighted by molar-refractivity contribution is 6.30. The molecule has 106 valence electrons. The number of nitrogens with two attached hydrogens (primary N) is 1. The first-order chi connectivity index (χ1) is 9.45. The van der Waals surface area contributed by atoms with Crippen molar-refractivity contribution in [2.45, 2.75) is 25.9 Å². The van der Waals surface area contributed by atoms with Crippen LogP contribution < -0.4 is 5.73 Å². The van der Waals surface area contributed by atoms with Gasteiger partial charge < -0.3 is 10.3 Å². The summed E-state index contributed by atoms with van der Waals surface area (Å²) in [6.07, 6.45) is 4.17. The lowest BCUT2D eigenvalue weighted by Crippen LogP contribution is -2.17. The van der Waals surface area contributed by atoms with Crippen LogP contribution in [-0.4, -0.2) is 20.5 Å². The van der Waals surface area contributed by atoms with Crippen LogP contribution in [0.2, 0.25) is 5.02 Å². The molecule has 1 aromatic heterocycles. The fraction of sp³-hybridized carbons (Fsp3) is 0.308. The minimum absolute atomic E-state index is 0.0138. The van der Waals surface area contributed by atoms with Crippen molar-refractivity contribution < 1.29 is 4.92 Å². The van der Waals surface area contributed by atoms with E-state index in [2.05, 4.69) is 4.98 Å². The molecule has 0 saturated carbocycles. The van der Waals surface area contributed by atoms with E-state index in [4.69, 9.17) is 17.3 Å². The number of rotatable bonds is 5. The number of aromatic nitrogens is 2. The average Bonchev–Trinajstić information content (AvgIpc) is 2.77. The maximum absolute atomic E-state index is 11.0. The van der Waals surface area contributed by atoms with E-state index in [1.807, 2.05) is 13.1 Å². The zero-order valence-electron chi connectivity index (χ0n) is 11.0. The van der Waals surface area contributed by atoms with E-state index in [-0.39, 0.29) is 11.7 Å². The molecule has 7 heteroatoms. The van der Waals surface area contributed by atoms with Gasteiger partial charge in [0.1, 0.15) is 0 Å². The van der Waals surface area contributed by atoms with E-state index in [0.717, 1.165) is 5.69 Å². The molecule has 0 amide bonds. The second-order valence-electron chi connectivity index (χ2n) is 4.75. The third-order valence-corrected chi connectivity index (χ3v) is 3.05. The van der Waals surface area contributed by atoms with Crippen molar-refractivity contribution in [3.8, 4) is 0 Å². The summed E-state index contributed by atoms with van der Waals surface area (Å²) < 4.78 is 1.80. The smallest absolute Gasteiger partial charge is 0.275 e. The van der Waals surface area contributed by atoms with Gasteiger partial charge in [-0.3, -0.25) is 10.1 Å². The molecular weight excluding hydrogens is 280 g/mol. The molecule has 20 heavy (non-hydrogen) atoms. The molecule has 1 aromatic carbocycles. The third-order valence-electron chi connectivity index (χ3n) is 2.81. The van der Waals surface area contributed by atoms with Crippen molar-refractivity contribution in [2.75, 3.05) is 0 Å². The predicted octanol–water partition coefficient (Wildman–Crippen LogP) is 2.38. The minimum Gasteiger partial charge on any atom is -0.333 e. The summed E-state index contributed by atoms with van der Waals surface area (Å²) in [6.45, 7) is 2.28. The van der Waals surface area contributed by atoms with Gasteiger partial charge in [0, 0.05) is 35.3 Å². The third kappa shape index (κ3) is 3.55. The first-order valence-electron chi connectivity index (χ1n) is 6.14. The van der Waals surface area contributed by atoms with Crippen molar-refractivity contribution in [2.24, 2.45) is 5.73 Å². The van der Waals surface area contributed by atoms with Crippen LogP contribution >= 0.6 is 11.6 Å². The van der Waals surface area contributed by atoms with Crippen LogP contribution in [0.1, 0.15) is 18.2 Å². The first-order valence-corrected chi connectivity index (χ1v) is 6.52. The fourth-order valence-corrected chi connectivity index (χ4v) is 2.13. The van der Waals surface area contributed by atoms with Crippen LogP contribution in [0, 0.1) is 10.1 Å². The molecule has 1 heterocycles. The normalized spacial score (nSPS) is 12.3. The summed E-state index contributed by atoms with van der Waals surface area (Å²) in [6, 6.07) is 4.69. The van der Waals surface area contributed by atoms with Crippen LogP contribution in [0.15, 0.2) is 30.7 Å². The van der Waals surface area contributed by atoms with Crippen molar-refractivity contribution in [1.29, 1.82) is 0 Å². The molecule has 6 nitrogen and oxygen atoms in total. The van der Waals surface area contributed by atoms with E-state index in [1.54, 1.807) is 23.0 Å². The van der Waals surface area contributed by atoms with E-state index in [9.17, 15) is 10.1 Å². The van der Waals surface area contributed by atoms with Crippen LogP contribution in [-0.2, 0) is 13.0 Å². The standard InChI is InChI=1S/C13H15ClN4O2/c1-9(15)4-12-7-17(8-16-12)6-10-2-3-11(14)5-13(10)18(19)20/h2-3,5,7-9H,4,6,15H2,1H3. The number of nitrogens with zero attached hydrogens (tertiary/aromatic N) is 3. The number of hydrogen-bond acceptors (Lipinski definition) is 4. The number of nitro groups is 1. The van der Waals surface area contributed by atoms with Gasteiger partial charge in [-0.05, 0) is 19.1 Å². The number of imidazole rings is 1. The largest absolute Gasteiger partial charge is 0.333 e. The van der Waals surface area contributed by atoms with Gasteiger partial charge in [-0.2, -0.15) is 0 Å². The first kappa shape index (κ1) is 14.5. The van der Waals surface area contributed by atoms with Crippen LogP contribution in [0.5, 0.6) is 0 Å². The molecular formula is C13H15ClN4O2. The van der Waals surface area contributed by atoms with Crippen LogP contribution in [0.4, 0.5) is 5.69 Å². The summed E-state index contributed by atoms with van der Waals surface area (Å²) in [4.78, 5) is 14.8. The molecule has 2 rings (SSSR count). The van der Waals surface area contributed by atoms with E-state index >= 15 is 0 Å². The Balaban J connectivity index is 2.21. The Morgan fingerprint density at radius 3 is 2.95 bits per heavy atom. The van der Waals surface area contributed by atoms with Gasteiger partial charge in [-0.15, -0.1) is 0 Å². The zero-order valence-corrected chi connectivity index (χ0v) is 11.7. The Morgan fingerprint density at radius 1 is 1.55 bits per heavy atom. The monoisotopic (exact) mass is 294 g/mol. The Bertz CT molecular complexity index is 625. The lowest BCUT2D eigenvalue weighted by Gasteiger charge is -2.04. The highest BCUT2D eigenvalue weighted by Crippen LogP contribution is 2.24. The Hall–Kier alpha value is -1.92. The Morgan fingerprint density at radius 2 is 2.30 bits per heavy atom. The van der Waals surface area contributed by atoms with Crippen LogP contribution in [0.25, 0.3) is 0 Å². The fourth-order valence-electron chi connectivity index (χ4n) is 1.97. The number of benzene rings is 1. The second kappa shape index (κ2) is 6.02. The van der Waals surface area contributed by atoms with Gasteiger partial charge >= 0.3 is 0 Å². The molecule has 0 aliphatic carbocycles. The molecule has 0 aliphatic heterocycles. The molecule has 0 aliphatic rings. The molecule has 0 spiro atoms. The molecule has 0 bridgehead atoms. The summed E-state index contributed by atoms with van der Waals surface area (Å²) in [5.41, 5.74) is 7.19. The van der Waals surface area contributed by atoms with Crippen molar-refractivity contribution in [1.82, 2.24) is 9.55 Å². The maximum Gasteiger partial charge on any atom is 0.275 e. The molecule has 0 saturated heterocycles. The van der Waals surface area contributed by atoms with Gasteiger partial charge in [-0.1, -0.05) is 11.6 Å². The molecule has 1 atom stereocenters. The maximum atomic E-state index is 11.0. The highest BCUT2D eigenvalue weighted by atomic mass is 35.5. The topological polar surface area (TPSA) is 87.0 Å². The summed E-state index contributed by atoms with van der Waals surface area (Å²) >= 11 is 5.79. The van der Waals surface area contributed by atoms with Crippen molar-refractivity contribution >= 4 is 17.3 Å². The SMILES string of the molecule is CC(N)Cc1cn(Cc2ccc(Cl)cc2[N+](=O)[O-])cn1. The average molecular weight is 295 g/mol. The summed E-state index contributed by atoms with van der Waals surface area (Å²) in [5, 5.41) is 11.4. The van der Waals surface area contributed by atoms with Crippen molar-refractivity contribution in [3.63, 3.8) is 0 Å².